The second-order valence-electron chi connectivity index (χ2n) is 4.15. The monoisotopic (exact) mass is 169 g/mol. The Balaban J connectivity index is 1.90. The van der Waals surface area contributed by atoms with E-state index >= 15 is 0 Å². The molecule has 1 saturated heterocycles. The predicted octanol–water partition coefficient (Wildman–Crippen LogP) is 1.39. The maximum Gasteiger partial charge on any atom is 0.0586 e. The maximum absolute atomic E-state index is 9.19. The van der Waals surface area contributed by atoms with Crippen molar-refractivity contribution in [2.24, 2.45) is 0 Å². The predicted molar refractivity (Wildman–Crippen MR) is 49.1 cm³/mol. The Labute approximate surface area is 74.6 Å². The van der Waals surface area contributed by atoms with Gasteiger partial charge in [-0.2, -0.15) is 0 Å². The highest BCUT2D eigenvalue weighted by atomic mass is 16.3. The molecule has 12 heavy (non-hydrogen) atoms. The standard InChI is InChI=1S/C10H19NO/c12-8-10-4-1-2-7-11(10)9-5-3-6-9/h9-10,12H,1-8H2. The number of hydrogen-bond acceptors (Lipinski definition) is 2. The van der Waals surface area contributed by atoms with Crippen molar-refractivity contribution in [1.82, 2.24) is 4.90 Å². The molecule has 1 heterocycles. The SMILES string of the molecule is OCC1CCCCN1C1CCC1. The van der Waals surface area contributed by atoms with Crippen molar-refractivity contribution in [1.29, 1.82) is 0 Å². The van der Waals surface area contributed by atoms with Crippen LogP contribution in [0.1, 0.15) is 38.5 Å². The molecule has 0 aromatic carbocycles. The molecule has 2 aliphatic rings. The van der Waals surface area contributed by atoms with E-state index in [0.717, 1.165) is 6.04 Å². The van der Waals surface area contributed by atoms with Crippen LogP contribution in [0.5, 0.6) is 0 Å². The van der Waals surface area contributed by atoms with Gasteiger partial charge in [0.05, 0.1) is 6.61 Å². The summed E-state index contributed by atoms with van der Waals surface area (Å²) in [4.78, 5) is 2.55. The van der Waals surface area contributed by atoms with E-state index in [9.17, 15) is 5.11 Å². The van der Waals surface area contributed by atoms with Crippen LogP contribution in [-0.4, -0.2) is 35.2 Å². The van der Waals surface area contributed by atoms with Crippen LogP contribution in [0, 0.1) is 0 Å². The second-order valence-corrected chi connectivity index (χ2v) is 4.15. The van der Waals surface area contributed by atoms with Crippen molar-refractivity contribution in [3.63, 3.8) is 0 Å². The summed E-state index contributed by atoms with van der Waals surface area (Å²) < 4.78 is 0. The summed E-state index contributed by atoms with van der Waals surface area (Å²) >= 11 is 0. The van der Waals surface area contributed by atoms with Gasteiger partial charge in [-0.05, 0) is 32.2 Å². The fourth-order valence-electron chi connectivity index (χ4n) is 2.42. The molecule has 0 spiro atoms. The molecule has 1 saturated carbocycles. The number of aliphatic hydroxyl groups is 1. The zero-order valence-corrected chi connectivity index (χ0v) is 7.71. The zero-order chi connectivity index (χ0) is 8.39. The molecule has 0 aromatic rings. The molecule has 1 atom stereocenters. The quantitative estimate of drug-likeness (QED) is 0.675. The summed E-state index contributed by atoms with van der Waals surface area (Å²) in [5.41, 5.74) is 0. The Bertz CT molecular complexity index is 145. The van der Waals surface area contributed by atoms with E-state index in [1.807, 2.05) is 0 Å². The lowest BCUT2D eigenvalue weighted by Crippen LogP contribution is -2.50. The molecule has 1 N–H and O–H groups in total. The van der Waals surface area contributed by atoms with E-state index in [1.54, 1.807) is 0 Å². The topological polar surface area (TPSA) is 23.5 Å². The molecular weight excluding hydrogens is 150 g/mol. The maximum atomic E-state index is 9.19. The Hall–Kier alpha value is -0.0800. The van der Waals surface area contributed by atoms with E-state index in [4.69, 9.17) is 0 Å². The largest absolute Gasteiger partial charge is 0.395 e. The number of piperidine rings is 1. The molecule has 0 radical (unpaired) electrons. The Morgan fingerprint density at radius 2 is 1.92 bits per heavy atom. The van der Waals surface area contributed by atoms with Crippen LogP contribution < -0.4 is 0 Å². The highest BCUT2D eigenvalue weighted by Gasteiger charge is 2.31. The molecular formula is C10H19NO. The van der Waals surface area contributed by atoms with Gasteiger partial charge in [-0.3, -0.25) is 4.90 Å². The van der Waals surface area contributed by atoms with Crippen molar-refractivity contribution >= 4 is 0 Å². The van der Waals surface area contributed by atoms with Crippen molar-refractivity contribution in [3.8, 4) is 0 Å². The van der Waals surface area contributed by atoms with Crippen LogP contribution >= 0.6 is 0 Å². The lowest BCUT2D eigenvalue weighted by molar-refractivity contribution is 0.0224. The van der Waals surface area contributed by atoms with E-state index in [1.165, 1.54) is 45.1 Å². The zero-order valence-electron chi connectivity index (χ0n) is 7.71. The minimum Gasteiger partial charge on any atom is -0.395 e. The molecule has 2 rings (SSSR count). The summed E-state index contributed by atoms with van der Waals surface area (Å²) in [7, 11) is 0. The lowest BCUT2D eigenvalue weighted by Gasteiger charge is -2.44. The van der Waals surface area contributed by atoms with Crippen LogP contribution in [0.15, 0.2) is 0 Å². The van der Waals surface area contributed by atoms with E-state index < -0.39 is 0 Å². The summed E-state index contributed by atoms with van der Waals surface area (Å²) in [6, 6.07) is 1.31. The number of nitrogens with zero attached hydrogens (tertiary/aromatic N) is 1. The lowest BCUT2D eigenvalue weighted by atomic mass is 9.88. The van der Waals surface area contributed by atoms with Crippen molar-refractivity contribution in [2.75, 3.05) is 13.2 Å². The molecule has 0 bridgehead atoms. The second kappa shape index (κ2) is 3.75. The van der Waals surface area contributed by atoms with Crippen molar-refractivity contribution in [3.05, 3.63) is 0 Å². The highest BCUT2D eigenvalue weighted by Crippen LogP contribution is 2.30. The molecule has 2 nitrogen and oxygen atoms in total. The highest BCUT2D eigenvalue weighted by molar-refractivity contribution is 4.86. The Morgan fingerprint density at radius 1 is 1.08 bits per heavy atom. The average Bonchev–Trinajstić information content (AvgIpc) is 2.02. The van der Waals surface area contributed by atoms with Gasteiger partial charge < -0.3 is 5.11 Å². The van der Waals surface area contributed by atoms with Gasteiger partial charge in [0.15, 0.2) is 0 Å². The van der Waals surface area contributed by atoms with Gasteiger partial charge in [0.25, 0.3) is 0 Å². The summed E-state index contributed by atoms with van der Waals surface area (Å²) in [6.07, 6.45) is 8.01. The van der Waals surface area contributed by atoms with Gasteiger partial charge in [0.2, 0.25) is 0 Å². The fourth-order valence-corrected chi connectivity index (χ4v) is 2.42. The van der Waals surface area contributed by atoms with Crippen LogP contribution in [0.25, 0.3) is 0 Å². The van der Waals surface area contributed by atoms with Crippen LogP contribution in [0.2, 0.25) is 0 Å². The number of rotatable bonds is 2. The average molecular weight is 169 g/mol. The molecule has 0 aromatic heterocycles. The first-order chi connectivity index (χ1) is 5.92. The van der Waals surface area contributed by atoms with Gasteiger partial charge in [-0.25, -0.2) is 0 Å². The Morgan fingerprint density at radius 3 is 2.50 bits per heavy atom. The number of hydrogen-bond donors (Lipinski definition) is 1. The van der Waals surface area contributed by atoms with Crippen LogP contribution in [-0.2, 0) is 0 Å². The third kappa shape index (κ3) is 1.50. The van der Waals surface area contributed by atoms with Gasteiger partial charge >= 0.3 is 0 Å². The molecule has 1 unspecified atom stereocenters. The van der Waals surface area contributed by atoms with Gasteiger partial charge in [-0.15, -0.1) is 0 Å². The first-order valence-electron chi connectivity index (χ1n) is 5.28. The normalized spacial score (nSPS) is 33.2. The number of likely N-dealkylation sites (tertiary alicyclic amines) is 1. The summed E-state index contributed by atoms with van der Waals surface area (Å²) in [6.45, 7) is 1.60. The summed E-state index contributed by atoms with van der Waals surface area (Å²) in [5, 5.41) is 9.19. The fraction of sp³-hybridized carbons (Fsp3) is 1.00. The van der Waals surface area contributed by atoms with Gasteiger partial charge in [-0.1, -0.05) is 12.8 Å². The van der Waals surface area contributed by atoms with E-state index in [0.29, 0.717) is 12.6 Å². The molecule has 1 aliphatic heterocycles. The smallest absolute Gasteiger partial charge is 0.0586 e. The Kier molecular flexibility index (Phi) is 2.66. The van der Waals surface area contributed by atoms with Crippen molar-refractivity contribution in [2.45, 2.75) is 50.6 Å². The molecule has 2 heteroatoms. The number of aliphatic hydroxyl groups excluding tert-OH is 1. The first kappa shape index (κ1) is 8.52. The molecule has 70 valence electrons. The minimum atomic E-state index is 0.372. The first-order valence-corrected chi connectivity index (χ1v) is 5.28. The van der Waals surface area contributed by atoms with E-state index in [-0.39, 0.29) is 0 Å². The van der Waals surface area contributed by atoms with Crippen molar-refractivity contribution < 1.29 is 5.11 Å². The van der Waals surface area contributed by atoms with Crippen LogP contribution in [0.4, 0.5) is 0 Å². The molecule has 2 fully saturated rings. The van der Waals surface area contributed by atoms with Crippen LogP contribution in [0.3, 0.4) is 0 Å². The van der Waals surface area contributed by atoms with E-state index in [2.05, 4.69) is 4.90 Å². The molecule has 1 aliphatic carbocycles. The van der Waals surface area contributed by atoms with Gasteiger partial charge in [0, 0.05) is 12.1 Å². The third-order valence-corrected chi connectivity index (χ3v) is 3.43. The van der Waals surface area contributed by atoms with Gasteiger partial charge in [0.1, 0.15) is 0 Å². The molecule has 0 amide bonds. The third-order valence-electron chi connectivity index (χ3n) is 3.43. The summed E-state index contributed by atoms with van der Waals surface area (Å²) in [5.74, 6) is 0. The minimum absolute atomic E-state index is 0.372.